The van der Waals surface area contributed by atoms with E-state index in [-0.39, 0.29) is 12.6 Å². The van der Waals surface area contributed by atoms with Gasteiger partial charge in [-0.15, -0.1) is 0 Å². The van der Waals surface area contributed by atoms with Crippen LogP contribution in [0.3, 0.4) is 0 Å². The zero-order chi connectivity index (χ0) is 31.7. The SMILES string of the molecule is CCCCCCCN1CCN(C[C@H](O)c2ccnc3ccc(OC)cc23)C[C@@H]1CO.O=C(O)C(=O)O.O=C(O)C(=O)O. The van der Waals surface area contributed by atoms with E-state index in [4.69, 9.17) is 44.3 Å². The second-order valence-corrected chi connectivity index (χ2v) is 9.57. The Kier molecular flexibility index (Phi) is 16.6. The molecule has 2 heterocycles. The van der Waals surface area contributed by atoms with E-state index >= 15 is 0 Å². The van der Waals surface area contributed by atoms with Crippen LogP contribution in [0, 0.1) is 0 Å². The molecule has 1 aliphatic heterocycles. The minimum atomic E-state index is -1.82. The second kappa shape index (κ2) is 19.3. The third kappa shape index (κ3) is 12.8. The fraction of sp³-hybridized carbons (Fsp3) is 0.536. The van der Waals surface area contributed by atoms with Gasteiger partial charge in [0.05, 0.1) is 25.3 Å². The molecule has 0 amide bonds. The van der Waals surface area contributed by atoms with Crippen LogP contribution in [0.2, 0.25) is 0 Å². The van der Waals surface area contributed by atoms with Gasteiger partial charge in [0.25, 0.3) is 0 Å². The largest absolute Gasteiger partial charge is 0.497 e. The lowest BCUT2D eigenvalue weighted by molar-refractivity contribution is -0.159. The molecule has 1 aliphatic rings. The van der Waals surface area contributed by atoms with Gasteiger partial charge in [0, 0.05) is 43.8 Å². The van der Waals surface area contributed by atoms with Crippen molar-refractivity contribution in [2.45, 2.75) is 51.2 Å². The zero-order valence-electron chi connectivity index (χ0n) is 23.9. The minimum absolute atomic E-state index is 0.145. The van der Waals surface area contributed by atoms with Gasteiger partial charge in [-0.2, -0.15) is 0 Å². The van der Waals surface area contributed by atoms with Gasteiger partial charge in [0.1, 0.15) is 5.75 Å². The van der Waals surface area contributed by atoms with Crippen LogP contribution in [0.15, 0.2) is 30.5 Å². The minimum Gasteiger partial charge on any atom is -0.497 e. The van der Waals surface area contributed by atoms with Gasteiger partial charge in [-0.25, -0.2) is 19.2 Å². The van der Waals surface area contributed by atoms with Crippen molar-refractivity contribution in [2.75, 3.05) is 46.4 Å². The molecule has 0 bridgehead atoms. The Morgan fingerprint density at radius 2 is 1.57 bits per heavy atom. The number of hydrogen-bond acceptors (Lipinski definition) is 10. The summed E-state index contributed by atoms with van der Waals surface area (Å²) in [4.78, 5) is 45.5. The molecule has 3 rings (SSSR count). The molecular formula is C28H41N3O11. The van der Waals surface area contributed by atoms with E-state index < -0.39 is 30.0 Å². The number of methoxy groups -OCH3 is 1. The summed E-state index contributed by atoms with van der Waals surface area (Å²) < 4.78 is 5.35. The van der Waals surface area contributed by atoms with E-state index in [0.29, 0.717) is 6.54 Å². The fourth-order valence-corrected chi connectivity index (χ4v) is 4.42. The summed E-state index contributed by atoms with van der Waals surface area (Å²) >= 11 is 0. The molecule has 0 spiro atoms. The van der Waals surface area contributed by atoms with Crippen LogP contribution >= 0.6 is 0 Å². The number of nitrogens with zero attached hydrogens (tertiary/aromatic N) is 3. The molecule has 1 aromatic carbocycles. The summed E-state index contributed by atoms with van der Waals surface area (Å²) in [5.41, 5.74) is 1.73. The quantitative estimate of drug-likeness (QED) is 0.160. The maximum absolute atomic E-state index is 11.0. The Bertz CT molecular complexity index is 1110. The van der Waals surface area contributed by atoms with Gasteiger partial charge in [-0.1, -0.05) is 32.6 Å². The van der Waals surface area contributed by atoms with E-state index in [1.807, 2.05) is 24.3 Å². The zero-order valence-corrected chi connectivity index (χ0v) is 23.9. The van der Waals surface area contributed by atoms with E-state index in [0.717, 1.165) is 48.4 Å². The molecule has 0 aliphatic carbocycles. The first kappa shape index (κ1) is 36.2. The lowest BCUT2D eigenvalue weighted by Gasteiger charge is -2.41. The number of carboxylic acids is 4. The van der Waals surface area contributed by atoms with Gasteiger partial charge in [0.15, 0.2) is 0 Å². The summed E-state index contributed by atoms with van der Waals surface area (Å²) in [6.45, 7) is 6.65. The normalized spacial score (nSPS) is 15.9. The lowest BCUT2D eigenvalue weighted by Crippen LogP contribution is -2.55. The third-order valence-corrected chi connectivity index (χ3v) is 6.59. The number of ether oxygens (including phenoxy) is 1. The van der Waals surface area contributed by atoms with Crippen molar-refractivity contribution >= 4 is 34.8 Å². The first-order valence-corrected chi connectivity index (χ1v) is 13.5. The highest BCUT2D eigenvalue weighted by atomic mass is 16.5. The van der Waals surface area contributed by atoms with Gasteiger partial charge >= 0.3 is 23.9 Å². The smallest absolute Gasteiger partial charge is 0.414 e. The Morgan fingerprint density at radius 1 is 0.952 bits per heavy atom. The first-order chi connectivity index (χ1) is 19.9. The van der Waals surface area contributed by atoms with Crippen molar-refractivity contribution < 1.29 is 54.6 Å². The van der Waals surface area contributed by atoms with Gasteiger partial charge in [0.2, 0.25) is 0 Å². The fourth-order valence-electron chi connectivity index (χ4n) is 4.42. The molecule has 2 aromatic rings. The molecule has 0 radical (unpaired) electrons. The Labute approximate surface area is 243 Å². The highest BCUT2D eigenvalue weighted by Gasteiger charge is 2.27. The number of rotatable bonds is 11. The van der Waals surface area contributed by atoms with Crippen molar-refractivity contribution in [3.8, 4) is 5.75 Å². The maximum atomic E-state index is 11.0. The van der Waals surface area contributed by atoms with Crippen LogP contribution < -0.4 is 4.74 Å². The molecule has 1 aromatic heterocycles. The molecule has 1 fully saturated rings. The number of pyridine rings is 1. The number of unbranched alkanes of at least 4 members (excludes halogenated alkanes) is 4. The second-order valence-electron chi connectivity index (χ2n) is 9.57. The van der Waals surface area contributed by atoms with E-state index in [9.17, 15) is 10.2 Å². The highest BCUT2D eigenvalue weighted by Crippen LogP contribution is 2.27. The van der Waals surface area contributed by atoms with E-state index in [1.54, 1.807) is 13.3 Å². The number of piperazine rings is 1. The van der Waals surface area contributed by atoms with Crippen molar-refractivity contribution in [3.63, 3.8) is 0 Å². The molecule has 1 saturated heterocycles. The number of benzene rings is 1. The Morgan fingerprint density at radius 3 is 2.12 bits per heavy atom. The average molecular weight is 596 g/mol. The van der Waals surface area contributed by atoms with Gasteiger partial charge in [-0.05, 0) is 42.8 Å². The van der Waals surface area contributed by atoms with E-state index in [1.165, 1.54) is 32.1 Å². The summed E-state index contributed by atoms with van der Waals surface area (Å²) in [6.07, 6.45) is 7.48. The number of aliphatic hydroxyl groups excluding tert-OH is 2. The summed E-state index contributed by atoms with van der Waals surface area (Å²) in [6, 6.07) is 7.78. The van der Waals surface area contributed by atoms with Crippen LogP contribution in [0.1, 0.15) is 50.7 Å². The summed E-state index contributed by atoms with van der Waals surface area (Å²) in [5.74, 6) is -6.54. The summed E-state index contributed by atoms with van der Waals surface area (Å²) in [7, 11) is 1.64. The molecule has 234 valence electrons. The van der Waals surface area contributed by atoms with Crippen LogP contribution in [-0.4, -0.2) is 122 Å². The predicted molar refractivity (Wildman–Crippen MR) is 151 cm³/mol. The van der Waals surface area contributed by atoms with Crippen LogP contribution in [0.4, 0.5) is 0 Å². The van der Waals surface area contributed by atoms with Crippen LogP contribution in [-0.2, 0) is 19.2 Å². The number of aliphatic carboxylic acids is 4. The number of fused-ring (bicyclic) bond motifs is 1. The molecule has 6 N–H and O–H groups in total. The topological polar surface area (TPSA) is 218 Å². The molecule has 14 heteroatoms. The molecule has 0 unspecified atom stereocenters. The van der Waals surface area contributed by atoms with Crippen LogP contribution in [0.5, 0.6) is 5.75 Å². The molecule has 2 atom stereocenters. The Balaban J connectivity index is 0.000000618. The van der Waals surface area contributed by atoms with Crippen molar-refractivity contribution in [1.82, 2.24) is 14.8 Å². The number of carboxylic acid groups (broad SMARTS) is 4. The molecular weight excluding hydrogens is 554 g/mol. The van der Waals surface area contributed by atoms with Gasteiger partial charge in [-0.3, -0.25) is 14.8 Å². The Hall–Kier alpha value is -3.85. The first-order valence-electron chi connectivity index (χ1n) is 13.5. The standard InChI is InChI=1S/C24H37N3O3.2C2H2O4/c1-3-4-5-6-7-12-27-14-13-26(16-19(27)18-28)17-24(29)21-10-11-25-23-9-8-20(30-2)15-22(21)23;2*3-1(4)2(5)6/h8-11,15,19,24,28-29H,3-7,12-14,16-18H2,1-2H3;2*(H,3,4)(H,5,6)/t19-,24+;;/m1../s1. The number of carbonyl (C=O) groups is 4. The molecule has 14 nitrogen and oxygen atoms in total. The number of β-amino-alcohol motifs (C(OH)–C–C–N with tert-alkyl or cyclic N) is 1. The molecule has 0 saturated carbocycles. The van der Waals surface area contributed by atoms with E-state index in [2.05, 4.69) is 21.7 Å². The van der Waals surface area contributed by atoms with Gasteiger partial charge < -0.3 is 35.4 Å². The number of aromatic nitrogens is 1. The molecule has 42 heavy (non-hydrogen) atoms. The average Bonchev–Trinajstić information content (AvgIpc) is 2.97. The van der Waals surface area contributed by atoms with Crippen LogP contribution in [0.25, 0.3) is 10.9 Å². The predicted octanol–water partition coefficient (Wildman–Crippen LogP) is 1.54. The number of hydrogen-bond donors (Lipinski definition) is 6. The number of aliphatic hydroxyl groups is 2. The highest BCUT2D eigenvalue weighted by molar-refractivity contribution is 6.27. The van der Waals surface area contributed by atoms with Crippen molar-refractivity contribution in [1.29, 1.82) is 0 Å². The third-order valence-electron chi connectivity index (χ3n) is 6.59. The van der Waals surface area contributed by atoms with Crippen molar-refractivity contribution in [2.24, 2.45) is 0 Å². The maximum Gasteiger partial charge on any atom is 0.414 e. The van der Waals surface area contributed by atoms with Crippen molar-refractivity contribution in [3.05, 3.63) is 36.0 Å². The summed E-state index contributed by atoms with van der Waals surface area (Å²) in [5, 5.41) is 51.4. The monoisotopic (exact) mass is 595 g/mol. The lowest BCUT2D eigenvalue weighted by atomic mass is 10.0.